The number of hydrogen-bond acceptors (Lipinski definition) is 3. The molecule has 0 N–H and O–H groups in total. The molecule has 0 fully saturated rings. The summed E-state index contributed by atoms with van der Waals surface area (Å²) in [7, 11) is 13.0. The Morgan fingerprint density at radius 3 is 1.00 bits per heavy atom. The highest BCUT2D eigenvalue weighted by Crippen LogP contribution is 2.82. The Hall–Kier alpha value is -1.30. The van der Waals surface area contributed by atoms with E-state index in [0.717, 1.165) is 0 Å². The van der Waals surface area contributed by atoms with Gasteiger partial charge in [-0.1, -0.05) is 91.0 Å². The maximum absolute atomic E-state index is 2.46. The normalized spacial score (nSPS) is 12.8. The second-order valence-corrected chi connectivity index (χ2v) is 19.8. The van der Waals surface area contributed by atoms with Gasteiger partial charge >= 0.3 is 0 Å². The fourth-order valence-corrected chi connectivity index (χ4v) is 25.0. The van der Waals surface area contributed by atoms with Crippen molar-refractivity contribution in [3.05, 3.63) is 91.0 Å². The van der Waals surface area contributed by atoms with Crippen molar-refractivity contribution in [2.45, 2.75) is 0 Å². The third-order valence-corrected chi connectivity index (χ3v) is 23.5. The molecule has 6 heteroatoms. The minimum Gasteiger partial charge on any atom is -0.148 e. The van der Waals surface area contributed by atoms with Crippen molar-refractivity contribution in [1.82, 2.24) is 14.0 Å². The summed E-state index contributed by atoms with van der Waals surface area (Å²) in [6.07, 6.45) is 0. The molecule has 0 unspecified atom stereocenters. The number of nitrogens with zero attached hydrogens (tertiary/aromatic N) is 3. The summed E-state index contributed by atoms with van der Waals surface area (Å²) < 4.78 is 7.37. The molecule has 3 nitrogen and oxygen atoms in total. The van der Waals surface area contributed by atoms with Crippen LogP contribution in [0.5, 0.6) is 0 Å². The summed E-state index contributed by atoms with van der Waals surface area (Å²) >= 11 is 0. The second-order valence-electron chi connectivity index (χ2n) is 7.81. The van der Waals surface area contributed by atoms with E-state index in [1.165, 1.54) is 23.5 Å². The van der Waals surface area contributed by atoms with Gasteiger partial charge in [0.25, 0.3) is 7.40 Å². The summed E-state index contributed by atoms with van der Waals surface area (Å²) in [6, 6.07) is 33.5. The van der Waals surface area contributed by atoms with E-state index in [1.54, 1.807) is 0 Å². The van der Waals surface area contributed by atoms with Gasteiger partial charge in [0.2, 0.25) is 0 Å². The lowest BCUT2D eigenvalue weighted by molar-refractivity contribution is 0.482. The second kappa shape index (κ2) is 9.88. The van der Waals surface area contributed by atoms with Crippen LogP contribution in [0, 0.1) is 0 Å². The van der Waals surface area contributed by atoms with Crippen molar-refractivity contribution >= 4 is 37.4 Å². The monoisotopic (exact) mass is 456 g/mol. The summed E-state index contributed by atoms with van der Waals surface area (Å²) in [6.45, 7) is -1.94. The molecule has 0 bridgehead atoms. The van der Waals surface area contributed by atoms with Gasteiger partial charge in [0.1, 0.15) is 0 Å². The molecular weight excluding hydrogens is 423 g/mol. The van der Waals surface area contributed by atoms with E-state index in [9.17, 15) is 0 Å². The number of benzene rings is 3. The summed E-state index contributed by atoms with van der Waals surface area (Å²) in [5.74, 6) is 0. The molecule has 0 aliphatic rings. The SMILES string of the molecule is CN(C)[P+](P=P(c1ccccc1)(c1ccccc1)c1ccccc1)(N(C)C)N(C)C. The first kappa shape index (κ1) is 23.4. The van der Waals surface area contributed by atoms with Crippen LogP contribution in [0.2, 0.25) is 0 Å². The van der Waals surface area contributed by atoms with Gasteiger partial charge in [-0.05, 0) is 15.9 Å². The minimum atomic E-state index is -1.94. The van der Waals surface area contributed by atoms with Gasteiger partial charge in [-0.25, -0.2) is 0 Å². The fourth-order valence-electron chi connectivity index (χ4n) is 4.03. The Bertz CT molecular complexity index is 863. The van der Waals surface area contributed by atoms with Gasteiger partial charge in [-0.15, -0.1) is 14.0 Å². The highest BCUT2D eigenvalue weighted by Gasteiger charge is 2.50. The van der Waals surface area contributed by atoms with Crippen molar-refractivity contribution < 1.29 is 0 Å². The average molecular weight is 456 g/mol. The predicted octanol–water partition coefficient (Wildman–Crippen LogP) is 5.20. The van der Waals surface area contributed by atoms with E-state index in [1.807, 2.05) is 0 Å². The molecule has 0 heterocycles. The lowest BCUT2D eigenvalue weighted by Crippen LogP contribution is -2.33. The van der Waals surface area contributed by atoms with Crippen LogP contribution in [0.15, 0.2) is 91.0 Å². The molecule has 30 heavy (non-hydrogen) atoms. The average Bonchev–Trinajstić information content (AvgIpc) is 2.76. The van der Waals surface area contributed by atoms with E-state index >= 15 is 0 Å². The lowest BCUT2D eigenvalue weighted by Gasteiger charge is -2.39. The van der Waals surface area contributed by atoms with Gasteiger partial charge in [0.15, 0.2) is 7.56 Å². The molecule has 0 saturated carbocycles. The van der Waals surface area contributed by atoms with Crippen LogP contribution in [-0.2, 0) is 0 Å². The molecule has 0 spiro atoms. The van der Waals surface area contributed by atoms with E-state index in [-0.39, 0.29) is 0 Å². The quantitative estimate of drug-likeness (QED) is 0.453. The Morgan fingerprint density at radius 2 is 0.767 bits per heavy atom. The van der Waals surface area contributed by atoms with Crippen LogP contribution in [0.4, 0.5) is 0 Å². The molecule has 158 valence electrons. The molecule has 0 aliphatic heterocycles. The van der Waals surface area contributed by atoms with Crippen LogP contribution in [-0.4, -0.2) is 56.3 Å². The zero-order valence-corrected chi connectivity index (χ0v) is 21.5. The first-order valence-corrected chi connectivity index (χ1v) is 15.8. The molecule has 3 aromatic rings. The Kier molecular flexibility index (Phi) is 7.70. The number of hydrogen-bond donors (Lipinski definition) is 0. The zero-order chi connectivity index (χ0) is 21.8. The molecule has 3 rings (SSSR count). The minimum absolute atomic E-state index is 1.43. The standard InChI is InChI=1S/C24H33N3P3/c1-25(2)30(26(3)4,27(5)6)28-29(22-16-10-7-11-17-22,23-18-12-8-13-19-23)24-20-14-9-15-21-24/h7-21H,1-6H3/q+1. The molecular formula is C24H33N3P3+. The maximum Gasteiger partial charge on any atom is 0.277 e. The third kappa shape index (κ3) is 4.21. The molecule has 0 aromatic heterocycles. The first-order chi connectivity index (χ1) is 14.4. The summed E-state index contributed by atoms with van der Waals surface area (Å²) in [4.78, 5) is 0. The highest BCUT2D eigenvalue weighted by atomic mass is 32.3. The van der Waals surface area contributed by atoms with Crippen molar-refractivity contribution in [1.29, 1.82) is 0 Å². The number of rotatable bonds is 7. The van der Waals surface area contributed by atoms with E-state index in [0.29, 0.717) is 0 Å². The zero-order valence-electron chi connectivity index (χ0n) is 18.8. The molecule has 0 aliphatic carbocycles. The van der Waals surface area contributed by atoms with E-state index in [4.69, 9.17) is 0 Å². The summed E-state index contributed by atoms with van der Waals surface area (Å²) in [5, 5.41) is 4.29. The van der Waals surface area contributed by atoms with Crippen LogP contribution in [0.1, 0.15) is 0 Å². The van der Waals surface area contributed by atoms with Crippen LogP contribution in [0.25, 0.3) is 0 Å². The molecule has 0 saturated heterocycles. The largest absolute Gasteiger partial charge is 0.277 e. The lowest BCUT2D eigenvalue weighted by atomic mass is 10.4. The Labute approximate surface area is 184 Å². The van der Waals surface area contributed by atoms with Gasteiger partial charge < -0.3 is 0 Å². The fraction of sp³-hybridized carbons (Fsp3) is 0.250. The Balaban J connectivity index is 2.56. The first-order valence-electron chi connectivity index (χ1n) is 10.1. The van der Waals surface area contributed by atoms with Crippen molar-refractivity contribution in [3.63, 3.8) is 0 Å². The van der Waals surface area contributed by atoms with Crippen molar-refractivity contribution in [3.8, 4) is 0 Å². The maximum atomic E-state index is 2.46. The van der Waals surface area contributed by atoms with Gasteiger partial charge in [-0.3, -0.25) is 0 Å². The van der Waals surface area contributed by atoms with E-state index < -0.39 is 14.0 Å². The van der Waals surface area contributed by atoms with Crippen LogP contribution in [0.3, 0.4) is 0 Å². The highest BCUT2D eigenvalue weighted by molar-refractivity contribution is 8.47. The predicted molar refractivity (Wildman–Crippen MR) is 140 cm³/mol. The van der Waals surface area contributed by atoms with Gasteiger partial charge in [0, 0.05) is 48.8 Å². The van der Waals surface area contributed by atoms with Crippen molar-refractivity contribution in [2.24, 2.45) is 0 Å². The van der Waals surface area contributed by atoms with Gasteiger partial charge in [0.05, 0.1) is 0 Å². The molecule has 3 aromatic carbocycles. The van der Waals surface area contributed by atoms with Crippen LogP contribution >= 0.6 is 21.5 Å². The smallest absolute Gasteiger partial charge is 0.148 e. The van der Waals surface area contributed by atoms with Crippen molar-refractivity contribution in [2.75, 3.05) is 42.3 Å². The van der Waals surface area contributed by atoms with E-state index in [2.05, 4.69) is 147 Å². The molecule has 0 radical (unpaired) electrons. The van der Waals surface area contributed by atoms with Gasteiger partial charge in [-0.2, -0.15) is 0 Å². The molecule has 0 atom stereocenters. The summed E-state index contributed by atoms with van der Waals surface area (Å²) in [5.41, 5.74) is 0. The Morgan fingerprint density at radius 1 is 0.500 bits per heavy atom. The molecule has 0 amide bonds. The topological polar surface area (TPSA) is 9.72 Å². The third-order valence-electron chi connectivity index (χ3n) is 5.25. The van der Waals surface area contributed by atoms with Crippen LogP contribution < -0.4 is 15.9 Å².